The van der Waals surface area contributed by atoms with Crippen LogP contribution in [0.2, 0.25) is 0 Å². The Kier molecular flexibility index (Phi) is 2.58. The van der Waals surface area contributed by atoms with Gasteiger partial charge in [-0.15, -0.1) is 5.10 Å². The molecule has 4 nitrogen and oxygen atoms in total. The zero-order chi connectivity index (χ0) is 10.7. The van der Waals surface area contributed by atoms with E-state index in [-0.39, 0.29) is 5.91 Å². The van der Waals surface area contributed by atoms with Gasteiger partial charge in [-0.05, 0) is 0 Å². The summed E-state index contributed by atoms with van der Waals surface area (Å²) in [4.78, 5) is 15.4. The number of hydrogen-bond acceptors (Lipinski definition) is 3. The molecule has 15 heavy (non-hydrogen) atoms. The molecule has 0 spiro atoms. The Morgan fingerprint density at radius 2 is 2.07 bits per heavy atom. The molecule has 1 aromatic heterocycles. The smallest absolute Gasteiger partial charge is 0.248 e. The van der Waals surface area contributed by atoms with E-state index in [2.05, 4.69) is 10.1 Å². The van der Waals surface area contributed by atoms with Crippen LogP contribution >= 0.6 is 0 Å². The molecule has 0 fully saturated rings. The predicted octanol–water partition coefficient (Wildman–Crippen LogP) is 2.00. The topological polar surface area (TPSA) is 47.8 Å². The maximum Gasteiger partial charge on any atom is 0.248 e. The second-order valence-electron chi connectivity index (χ2n) is 3.13. The molecule has 0 atom stereocenters. The van der Waals surface area contributed by atoms with Crippen molar-refractivity contribution in [1.29, 1.82) is 0 Å². The first kappa shape index (κ1) is 9.58. The van der Waals surface area contributed by atoms with Gasteiger partial charge in [0.05, 0.1) is 0 Å². The average Bonchev–Trinajstić information content (AvgIpc) is 2.78. The Morgan fingerprint density at radius 1 is 1.33 bits per heavy atom. The highest BCUT2D eigenvalue weighted by Gasteiger charge is 2.07. The van der Waals surface area contributed by atoms with E-state index in [0.717, 1.165) is 5.56 Å². The number of nitrogens with zero attached hydrogens (tertiary/aromatic N) is 3. The van der Waals surface area contributed by atoms with Gasteiger partial charge < -0.3 is 0 Å². The summed E-state index contributed by atoms with van der Waals surface area (Å²) in [5, 5.41) is 4.11. The van der Waals surface area contributed by atoms with Crippen LogP contribution in [0.1, 0.15) is 18.1 Å². The van der Waals surface area contributed by atoms with Crippen LogP contribution in [0.25, 0.3) is 11.4 Å². The summed E-state index contributed by atoms with van der Waals surface area (Å²) in [6, 6.07) is 9.58. The van der Waals surface area contributed by atoms with Gasteiger partial charge >= 0.3 is 0 Å². The van der Waals surface area contributed by atoms with Gasteiger partial charge in [0, 0.05) is 12.0 Å². The van der Waals surface area contributed by atoms with E-state index in [1.165, 1.54) is 11.0 Å². The lowest BCUT2D eigenvalue weighted by Gasteiger charge is -1.94. The normalized spacial score (nSPS) is 10.2. The lowest BCUT2D eigenvalue weighted by molar-refractivity contribution is 0.0893. The van der Waals surface area contributed by atoms with Crippen molar-refractivity contribution in [1.82, 2.24) is 14.8 Å². The molecule has 1 aromatic carbocycles. The van der Waals surface area contributed by atoms with Crippen LogP contribution in [-0.4, -0.2) is 20.7 Å². The van der Waals surface area contributed by atoms with Crippen molar-refractivity contribution in [3.05, 3.63) is 36.7 Å². The Bertz CT molecular complexity index is 462. The van der Waals surface area contributed by atoms with E-state index in [1.807, 2.05) is 30.3 Å². The standard InChI is InChI=1S/C11H11N3O/c1-2-10(15)14-8-12-11(13-14)9-6-4-3-5-7-9/h3-8H,2H2,1H3. The van der Waals surface area contributed by atoms with Gasteiger partial charge in [-0.2, -0.15) is 4.68 Å². The van der Waals surface area contributed by atoms with Crippen LogP contribution in [0, 0.1) is 0 Å². The average molecular weight is 201 g/mol. The fourth-order valence-corrected chi connectivity index (χ4v) is 1.26. The van der Waals surface area contributed by atoms with Gasteiger partial charge in [0.25, 0.3) is 0 Å². The maximum absolute atomic E-state index is 11.3. The van der Waals surface area contributed by atoms with E-state index in [0.29, 0.717) is 12.2 Å². The molecule has 0 N–H and O–H groups in total. The van der Waals surface area contributed by atoms with Gasteiger partial charge in [-0.3, -0.25) is 4.79 Å². The number of benzene rings is 1. The molecule has 2 aromatic rings. The highest BCUT2D eigenvalue weighted by molar-refractivity contribution is 5.77. The third kappa shape index (κ3) is 1.93. The Balaban J connectivity index is 2.32. The van der Waals surface area contributed by atoms with Crippen molar-refractivity contribution in [2.24, 2.45) is 0 Å². The van der Waals surface area contributed by atoms with Crippen molar-refractivity contribution in [2.45, 2.75) is 13.3 Å². The fourth-order valence-electron chi connectivity index (χ4n) is 1.26. The van der Waals surface area contributed by atoms with Crippen LogP contribution in [0.15, 0.2) is 36.7 Å². The van der Waals surface area contributed by atoms with Crippen LogP contribution in [0.3, 0.4) is 0 Å². The molecular weight excluding hydrogens is 190 g/mol. The molecule has 1 heterocycles. The summed E-state index contributed by atoms with van der Waals surface area (Å²) in [7, 11) is 0. The van der Waals surface area contributed by atoms with Crippen molar-refractivity contribution < 1.29 is 4.79 Å². The molecule has 0 saturated carbocycles. The molecule has 76 valence electrons. The van der Waals surface area contributed by atoms with E-state index in [4.69, 9.17) is 0 Å². The molecule has 0 aliphatic rings. The first-order valence-electron chi connectivity index (χ1n) is 4.81. The SMILES string of the molecule is CCC(=O)n1cnc(-c2ccccc2)n1. The number of carbonyl (C=O) groups is 1. The molecule has 0 unspecified atom stereocenters. The van der Waals surface area contributed by atoms with E-state index in [1.54, 1.807) is 6.92 Å². The lowest BCUT2D eigenvalue weighted by atomic mass is 10.2. The molecular formula is C11H11N3O. The van der Waals surface area contributed by atoms with Crippen LogP contribution in [-0.2, 0) is 0 Å². The number of aromatic nitrogens is 3. The van der Waals surface area contributed by atoms with Crippen molar-refractivity contribution in [3.8, 4) is 11.4 Å². The van der Waals surface area contributed by atoms with Crippen LogP contribution in [0.4, 0.5) is 0 Å². The van der Waals surface area contributed by atoms with Gasteiger partial charge in [-0.25, -0.2) is 4.98 Å². The molecule has 0 bridgehead atoms. The first-order chi connectivity index (χ1) is 7.31. The van der Waals surface area contributed by atoms with Crippen molar-refractivity contribution in [2.75, 3.05) is 0 Å². The maximum atomic E-state index is 11.3. The molecule has 0 aliphatic heterocycles. The molecule has 4 heteroatoms. The molecule has 0 amide bonds. The Morgan fingerprint density at radius 3 is 2.73 bits per heavy atom. The van der Waals surface area contributed by atoms with Crippen LogP contribution < -0.4 is 0 Å². The van der Waals surface area contributed by atoms with Gasteiger partial charge in [-0.1, -0.05) is 37.3 Å². The van der Waals surface area contributed by atoms with Crippen molar-refractivity contribution in [3.63, 3.8) is 0 Å². The quantitative estimate of drug-likeness (QED) is 0.746. The number of carbonyl (C=O) groups excluding carboxylic acids is 1. The zero-order valence-corrected chi connectivity index (χ0v) is 8.42. The Hall–Kier alpha value is -1.97. The molecule has 0 aliphatic carbocycles. The highest BCUT2D eigenvalue weighted by Crippen LogP contribution is 2.12. The summed E-state index contributed by atoms with van der Waals surface area (Å²) in [5.41, 5.74) is 0.917. The second-order valence-corrected chi connectivity index (χ2v) is 3.13. The number of rotatable bonds is 2. The summed E-state index contributed by atoms with van der Waals surface area (Å²) >= 11 is 0. The molecule has 2 rings (SSSR count). The minimum Gasteiger partial charge on any atom is -0.273 e. The summed E-state index contributed by atoms with van der Waals surface area (Å²) in [5.74, 6) is 0.530. The predicted molar refractivity (Wildman–Crippen MR) is 56.4 cm³/mol. The highest BCUT2D eigenvalue weighted by atomic mass is 16.2. The van der Waals surface area contributed by atoms with Gasteiger partial charge in [0.2, 0.25) is 5.91 Å². The minimum absolute atomic E-state index is 0.0512. The lowest BCUT2D eigenvalue weighted by Crippen LogP contribution is -2.09. The van der Waals surface area contributed by atoms with E-state index >= 15 is 0 Å². The molecule has 0 radical (unpaired) electrons. The monoisotopic (exact) mass is 201 g/mol. The zero-order valence-electron chi connectivity index (χ0n) is 8.42. The minimum atomic E-state index is -0.0512. The summed E-state index contributed by atoms with van der Waals surface area (Å²) in [6.07, 6.45) is 1.88. The first-order valence-corrected chi connectivity index (χ1v) is 4.81. The largest absolute Gasteiger partial charge is 0.273 e. The van der Waals surface area contributed by atoms with E-state index in [9.17, 15) is 4.79 Å². The third-order valence-electron chi connectivity index (χ3n) is 2.08. The van der Waals surface area contributed by atoms with E-state index < -0.39 is 0 Å². The summed E-state index contributed by atoms with van der Waals surface area (Å²) < 4.78 is 1.28. The summed E-state index contributed by atoms with van der Waals surface area (Å²) in [6.45, 7) is 1.80. The van der Waals surface area contributed by atoms with Gasteiger partial charge in [0.15, 0.2) is 5.82 Å². The fraction of sp³-hybridized carbons (Fsp3) is 0.182. The Labute approximate surface area is 87.6 Å². The van der Waals surface area contributed by atoms with Crippen molar-refractivity contribution >= 4 is 5.91 Å². The van der Waals surface area contributed by atoms with Gasteiger partial charge in [0.1, 0.15) is 6.33 Å². The number of hydrogen-bond donors (Lipinski definition) is 0. The van der Waals surface area contributed by atoms with Crippen LogP contribution in [0.5, 0.6) is 0 Å². The molecule has 0 saturated heterocycles. The second kappa shape index (κ2) is 4.04. The third-order valence-corrected chi connectivity index (χ3v) is 2.08.